The van der Waals surface area contributed by atoms with Gasteiger partial charge in [0.15, 0.2) is 11.5 Å². The van der Waals surface area contributed by atoms with E-state index in [4.69, 9.17) is 9.47 Å². The van der Waals surface area contributed by atoms with Gasteiger partial charge in [-0.1, -0.05) is 37.6 Å². The van der Waals surface area contributed by atoms with Crippen molar-refractivity contribution in [3.05, 3.63) is 52.4 Å². The van der Waals surface area contributed by atoms with Gasteiger partial charge in [0, 0.05) is 23.5 Å². The van der Waals surface area contributed by atoms with Gasteiger partial charge in [0.25, 0.3) is 11.8 Å². The van der Waals surface area contributed by atoms with Crippen molar-refractivity contribution in [1.82, 2.24) is 5.32 Å². The minimum Gasteiger partial charge on any atom is -0.493 e. The van der Waals surface area contributed by atoms with Crippen LogP contribution < -0.4 is 19.7 Å². The molecule has 6 nitrogen and oxygen atoms in total. The number of nitrogens with one attached hydrogen (secondary N) is 1. The number of benzene rings is 2. The summed E-state index contributed by atoms with van der Waals surface area (Å²) in [6, 6.07) is 11.4. The highest BCUT2D eigenvalue weighted by atomic mass is 32.2. The van der Waals surface area contributed by atoms with Crippen molar-refractivity contribution in [2.45, 2.75) is 50.5 Å². The molecule has 0 aromatic heterocycles. The highest BCUT2D eigenvalue weighted by Crippen LogP contribution is 2.42. The largest absolute Gasteiger partial charge is 0.493 e. The smallest absolute Gasteiger partial charge is 0.264 e. The predicted molar refractivity (Wildman–Crippen MR) is 137 cm³/mol. The van der Waals surface area contributed by atoms with E-state index >= 15 is 0 Å². The number of thioether (sulfide) groups is 1. The number of hydrogen-bond acceptors (Lipinski definition) is 5. The molecule has 0 unspecified atom stereocenters. The highest BCUT2D eigenvalue weighted by Gasteiger charge is 2.28. The first-order valence-electron chi connectivity index (χ1n) is 11.8. The number of amides is 2. The maximum atomic E-state index is 13.1. The fraction of sp³-hybridized carbons (Fsp3) is 0.407. The first-order chi connectivity index (χ1) is 16.4. The molecule has 2 aromatic rings. The molecule has 0 saturated heterocycles. The number of anilines is 1. The molecule has 1 aliphatic carbocycles. The van der Waals surface area contributed by atoms with E-state index in [1.807, 2.05) is 49.4 Å². The Morgan fingerprint density at radius 1 is 1.18 bits per heavy atom. The van der Waals surface area contributed by atoms with Gasteiger partial charge in [0.05, 0.1) is 24.3 Å². The summed E-state index contributed by atoms with van der Waals surface area (Å²) in [6.45, 7) is 4.67. The lowest BCUT2D eigenvalue weighted by Gasteiger charge is -2.30. The molecule has 0 spiro atoms. The molecular formula is C27H32N2O4S. The zero-order valence-corrected chi connectivity index (χ0v) is 21.0. The third-order valence-corrected chi connectivity index (χ3v) is 7.61. The molecule has 7 heteroatoms. The molecule has 2 aliphatic rings. The molecule has 1 heterocycles. The fourth-order valence-corrected chi connectivity index (χ4v) is 5.61. The second-order valence-electron chi connectivity index (χ2n) is 8.84. The summed E-state index contributed by atoms with van der Waals surface area (Å²) in [7, 11) is 3.35. The van der Waals surface area contributed by atoms with Crippen LogP contribution in [0.25, 0.3) is 6.08 Å². The Labute approximate surface area is 205 Å². The van der Waals surface area contributed by atoms with Crippen LogP contribution in [0.3, 0.4) is 0 Å². The van der Waals surface area contributed by atoms with E-state index in [0.717, 1.165) is 35.4 Å². The second kappa shape index (κ2) is 10.6. The molecule has 2 atom stereocenters. The van der Waals surface area contributed by atoms with Crippen LogP contribution in [0.15, 0.2) is 46.2 Å². The molecule has 0 radical (unpaired) electrons. The van der Waals surface area contributed by atoms with Crippen molar-refractivity contribution < 1.29 is 19.1 Å². The van der Waals surface area contributed by atoms with Crippen molar-refractivity contribution in [3.8, 4) is 11.5 Å². The van der Waals surface area contributed by atoms with Crippen LogP contribution in [-0.4, -0.2) is 38.6 Å². The summed E-state index contributed by atoms with van der Waals surface area (Å²) in [6.07, 6.45) is 6.42. The number of carbonyl (C=O) groups excluding carboxylic acids is 2. The minimum atomic E-state index is -0.108. The van der Waals surface area contributed by atoms with Gasteiger partial charge in [-0.2, -0.15) is 0 Å². The number of nitrogens with zero attached hydrogens (tertiary/aromatic N) is 1. The van der Waals surface area contributed by atoms with E-state index in [0.29, 0.717) is 34.5 Å². The number of fused-ring (bicyclic) bond motifs is 1. The number of hydrogen-bond donors (Lipinski definition) is 1. The van der Waals surface area contributed by atoms with Crippen LogP contribution in [0.4, 0.5) is 5.69 Å². The molecule has 1 N–H and O–H groups in total. The molecule has 1 aliphatic heterocycles. The first kappa shape index (κ1) is 24.2. The second-order valence-corrected chi connectivity index (χ2v) is 9.93. The van der Waals surface area contributed by atoms with E-state index in [1.54, 1.807) is 19.1 Å². The first-order valence-corrected chi connectivity index (χ1v) is 12.7. The number of rotatable bonds is 6. The van der Waals surface area contributed by atoms with E-state index in [2.05, 4.69) is 12.2 Å². The van der Waals surface area contributed by atoms with Gasteiger partial charge < -0.3 is 19.7 Å². The van der Waals surface area contributed by atoms with Gasteiger partial charge >= 0.3 is 0 Å². The van der Waals surface area contributed by atoms with Gasteiger partial charge in [-0.3, -0.25) is 9.59 Å². The van der Waals surface area contributed by atoms with Crippen molar-refractivity contribution in [3.63, 3.8) is 0 Å². The normalized spacial score (nSPS) is 21.2. The average Bonchev–Trinajstić information content (AvgIpc) is 2.84. The fourth-order valence-electron chi connectivity index (χ4n) is 4.52. The standard InChI is InChI=1S/C27H32N2O4S/c1-5-33-22-12-10-18(14-23(22)32-4)15-25-27(31)29(3)21-16-19(11-13-24(21)34-25)26(30)28-20-9-7-6-8-17(20)2/h10-17,20H,5-9H2,1-4H3,(H,28,30)/b25-15+/t17-,20+/m0/s1. The molecule has 34 heavy (non-hydrogen) atoms. The van der Waals surface area contributed by atoms with Crippen molar-refractivity contribution >= 4 is 35.3 Å². The lowest BCUT2D eigenvalue weighted by atomic mass is 9.86. The number of carbonyl (C=O) groups is 2. The predicted octanol–water partition coefficient (Wildman–Crippen LogP) is 5.51. The van der Waals surface area contributed by atoms with E-state index in [-0.39, 0.29) is 17.9 Å². The zero-order valence-electron chi connectivity index (χ0n) is 20.2. The Bertz CT molecular complexity index is 1110. The summed E-state index contributed by atoms with van der Waals surface area (Å²) in [5.41, 5.74) is 2.19. The Hall–Kier alpha value is -2.93. The van der Waals surface area contributed by atoms with Gasteiger partial charge in [-0.25, -0.2) is 0 Å². The third kappa shape index (κ3) is 5.09. The van der Waals surface area contributed by atoms with Crippen molar-refractivity contribution in [1.29, 1.82) is 0 Å². The molecule has 1 fully saturated rings. The van der Waals surface area contributed by atoms with Gasteiger partial charge in [0.1, 0.15) is 0 Å². The van der Waals surface area contributed by atoms with Crippen molar-refractivity contribution in [2.24, 2.45) is 5.92 Å². The minimum absolute atomic E-state index is 0.0739. The van der Waals surface area contributed by atoms with E-state index in [1.165, 1.54) is 18.2 Å². The van der Waals surface area contributed by atoms with E-state index < -0.39 is 0 Å². The zero-order chi connectivity index (χ0) is 24.2. The van der Waals surface area contributed by atoms with Crippen LogP contribution >= 0.6 is 11.8 Å². The lowest BCUT2D eigenvalue weighted by Crippen LogP contribution is -2.41. The van der Waals surface area contributed by atoms with Crippen LogP contribution in [-0.2, 0) is 4.79 Å². The SMILES string of the molecule is CCOc1ccc(/C=C2/Sc3ccc(C(=O)N[C@@H]4CCCC[C@@H]4C)cc3N(C)C2=O)cc1OC. The topological polar surface area (TPSA) is 67.9 Å². The quantitative estimate of drug-likeness (QED) is 0.552. The summed E-state index contributed by atoms with van der Waals surface area (Å²) >= 11 is 1.41. The maximum absolute atomic E-state index is 13.1. The monoisotopic (exact) mass is 480 g/mol. The summed E-state index contributed by atoms with van der Waals surface area (Å²) < 4.78 is 11.0. The number of likely N-dealkylation sites (N-methyl/N-ethyl adjacent to an activating group) is 1. The summed E-state index contributed by atoms with van der Waals surface area (Å²) in [5.74, 6) is 1.61. The Morgan fingerprint density at radius 2 is 1.97 bits per heavy atom. The Kier molecular flexibility index (Phi) is 7.51. The summed E-state index contributed by atoms with van der Waals surface area (Å²) in [4.78, 5) is 29.2. The molecule has 2 aromatic carbocycles. The van der Waals surface area contributed by atoms with Crippen LogP contribution in [0, 0.1) is 5.92 Å². The van der Waals surface area contributed by atoms with Gasteiger partial charge in [0.2, 0.25) is 0 Å². The molecule has 2 amide bonds. The molecule has 0 bridgehead atoms. The van der Waals surface area contributed by atoms with Crippen LogP contribution in [0.5, 0.6) is 11.5 Å². The van der Waals surface area contributed by atoms with Gasteiger partial charge in [-0.05, 0) is 67.7 Å². The van der Waals surface area contributed by atoms with Crippen molar-refractivity contribution in [2.75, 3.05) is 25.7 Å². The Balaban J connectivity index is 1.55. The van der Waals surface area contributed by atoms with Crippen LogP contribution in [0.2, 0.25) is 0 Å². The highest BCUT2D eigenvalue weighted by molar-refractivity contribution is 8.04. The van der Waals surface area contributed by atoms with Gasteiger partial charge in [-0.15, -0.1) is 0 Å². The summed E-state index contributed by atoms with van der Waals surface area (Å²) in [5, 5.41) is 3.20. The number of ether oxygens (including phenoxy) is 2. The third-order valence-electron chi connectivity index (χ3n) is 6.53. The molecule has 1 saturated carbocycles. The average molecular weight is 481 g/mol. The van der Waals surface area contributed by atoms with Crippen LogP contribution in [0.1, 0.15) is 55.5 Å². The lowest BCUT2D eigenvalue weighted by molar-refractivity contribution is -0.114. The maximum Gasteiger partial charge on any atom is 0.264 e. The molecule has 4 rings (SSSR count). The Morgan fingerprint density at radius 3 is 2.71 bits per heavy atom. The number of methoxy groups -OCH3 is 1. The van der Waals surface area contributed by atoms with E-state index in [9.17, 15) is 9.59 Å². The molecular weight excluding hydrogens is 448 g/mol. The molecule has 180 valence electrons.